The lowest BCUT2D eigenvalue weighted by molar-refractivity contribution is 0.0783. The quantitative estimate of drug-likeness (QED) is 0.883. The van der Waals surface area contributed by atoms with Crippen LogP contribution in [0.4, 0.5) is 0 Å². The Morgan fingerprint density at radius 2 is 2.29 bits per heavy atom. The molecule has 0 radical (unpaired) electrons. The minimum atomic E-state index is -0.226. The van der Waals surface area contributed by atoms with Crippen molar-refractivity contribution in [2.75, 3.05) is 13.7 Å². The van der Waals surface area contributed by atoms with Crippen molar-refractivity contribution in [1.29, 1.82) is 0 Å². The molecule has 0 aliphatic carbocycles. The Balaban J connectivity index is 2.25. The number of benzene rings is 1. The van der Waals surface area contributed by atoms with Gasteiger partial charge in [-0.25, -0.2) is 4.98 Å². The van der Waals surface area contributed by atoms with E-state index in [-0.39, 0.29) is 12.5 Å². The van der Waals surface area contributed by atoms with E-state index in [1.165, 1.54) is 11.3 Å². The normalized spacial score (nSPS) is 9.86. The molecule has 1 N–H and O–H groups in total. The van der Waals surface area contributed by atoms with Crippen molar-refractivity contribution in [1.82, 2.24) is 9.88 Å². The van der Waals surface area contributed by atoms with E-state index in [4.69, 9.17) is 5.11 Å². The highest BCUT2D eigenvalue weighted by Crippen LogP contribution is 2.14. The molecule has 0 saturated carbocycles. The van der Waals surface area contributed by atoms with Crippen LogP contribution in [0.5, 0.6) is 0 Å². The van der Waals surface area contributed by atoms with Crippen molar-refractivity contribution in [2.24, 2.45) is 0 Å². The van der Waals surface area contributed by atoms with Crippen molar-refractivity contribution in [3.05, 3.63) is 51.5 Å². The Morgan fingerprint density at radius 1 is 1.48 bits per heavy atom. The zero-order valence-electron chi connectivity index (χ0n) is 12.0. The number of carbonyl (C=O) groups excluding carboxylic acids is 1. The van der Waals surface area contributed by atoms with Crippen LogP contribution >= 0.6 is 11.3 Å². The maximum Gasteiger partial charge on any atom is 0.255 e. The van der Waals surface area contributed by atoms with E-state index in [0.29, 0.717) is 17.7 Å². The van der Waals surface area contributed by atoms with Crippen molar-refractivity contribution < 1.29 is 9.90 Å². The molecule has 0 atom stereocenters. The molecule has 2 rings (SSSR count). The average Bonchev–Trinajstić information content (AvgIpc) is 2.97. The molecular formula is C16H16N2O2S. The number of aliphatic hydroxyl groups excluding tert-OH is 1. The second-order valence-corrected chi connectivity index (χ2v) is 5.37. The number of hydrogen-bond acceptors (Lipinski definition) is 4. The first kappa shape index (κ1) is 15.2. The summed E-state index contributed by atoms with van der Waals surface area (Å²) in [6.07, 6.45) is 0. The number of aryl methyl sites for hydroxylation is 1. The summed E-state index contributed by atoms with van der Waals surface area (Å²) in [6, 6.07) is 5.51. The monoisotopic (exact) mass is 300 g/mol. The first-order valence-electron chi connectivity index (χ1n) is 6.44. The Kier molecular flexibility index (Phi) is 5.09. The van der Waals surface area contributed by atoms with Crippen LogP contribution in [0.3, 0.4) is 0 Å². The SMILES string of the molecule is Cc1ccc(C(=O)N(C)Cc2cscn2)c(C#CCO)c1. The van der Waals surface area contributed by atoms with E-state index in [1.54, 1.807) is 23.5 Å². The largest absolute Gasteiger partial charge is 0.384 e. The summed E-state index contributed by atoms with van der Waals surface area (Å²) in [6.45, 7) is 2.18. The predicted molar refractivity (Wildman–Crippen MR) is 83.1 cm³/mol. The number of rotatable bonds is 3. The van der Waals surface area contributed by atoms with Gasteiger partial charge in [-0.05, 0) is 24.6 Å². The van der Waals surface area contributed by atoms with E-state index in [0.717, 1.165) is 11.3 Å². The molecule has 1 aromatic heterocycles. The third-order valence-electron chi connectivity index (χ3n) is 2.94. The second-order valence-electron chi connectivity index (χ2n) is 4.65. The molecule has 1 amide bonds. The highest BCUT2D eigenvalue weighted by molar-refractivity contribution is 7.07. The van der Waals surface area contributed by atoms with Crippen LogP contribution in [0, 0.1) is 18.8 Å². The van der Waals surface area contributed by atoms with Gasteiger partial charge in [0, 0.05) is 18.0 Å². The van der Waals surface area contributed by atoms with Gasteiger partial charge in [0.25, 0.3) is 5.91 Å². The molecule has 0 spiro atoms. The van der Waals surface area contributed by atoms with Gasteiger partial charge in [0.15, 0.2) is 0 Å². The topological polar surface area (TPSA) is 53.4 Å². The summed E-state index contributed by atoms with van der Waals surface area (Å²) in [5, 5.41) is 10.8. The summed E-state index contributed by atoms with van der Waals surface area (Å²) >= 11 is 1.51. The lowest BCUT2D eigenvalue weighted by Crippen LogP contribution is -2.27. The van der Waals surface area contributed by atoms with Gasteiger partial charge < -0.3 is 10.0 Å². The van der Waals surface area contributed by atoms with Crippen LogP contribution in [-0.2, 0) is 6.54 Å². The number of thiazole rings is 1. The summed E-state index contributed by atoms with van der Waals surface area (Å²) < 4.78 is 0. The van der Waals surface area contributed by atoms with Gasteiger partial charge in [-0.3, -0.25) is 4.79 Å². The maximum atomic E-state index is 12.5. The number of hydrogen-bond donors (Lipinski definition) is 1. The zero-order chi connectivity index (χ0) is 15.2. The fraction of sp³-hybridized carbons (Fsp3) is 0.250. The summed E-state index contributed by atoms with van der Waals surface area (Å²) in [5.74, 6) is 5.33. The van der Waals surface area contributed by atoms with Crippen LogP contribution in [0.2, 0.25) is 0 Å². The van der Waals surface area contributed by atoms with Gasteiger partial charge >= 0.3 is 0 Å². The zero-order valence-corrected chi connectivity index (χ0v) is 12.8. The fourth-order valence-corrected chi connectivity index (χ4v) is 2.47. The van der Waals surface area contributed by atoms with Crippen molar-refractivity contribution in [2.45, 2.75) is 13.5 Å². The molecular weight excluding hydrogens is 284 g/mol. The smallest absolute Gasteiger partial charge is 0.255 e. The third-order valence-corrected chi connectivity index (χ3v) is 3.57. The lowest BCUT2D eigenvalue weighted by Gasteiger charge is -2.17. The Hall–Kier alpha value is -2.16. The first-order valence-corrected chi connectivity index (χ1v) is 7.39. The van der Waals surface area contributed by atoms with Crippen LogP contribution < -0.4 is 0 Å². The van der Waals surface area contributed by atoms with E-state index in [2.05, 4.69) is 16.8 Å². The number of amides is 1. The minimum Gasteiger partial charge on any atom is -0.384 e. The van der Waals surface area contributed by atoms with Gasteiger partial charge in [-0.15, -0.1) is 11.3 Å². The molecule has 0 unspecified atom stereocenters. The van der Waals surface area contributed by atoms with Gasteiger partial charge in [0.2, 0.25) is 0 Å². The first-order chi connectivity index (χ1) is 10.1. The molecule has 2 aromatic rings. The summed E-state index contributed by atoms with van der Waals surface area (Å²) in [5.41, 5.74) is 4.82. The van der Waals surface area contributed by atoms with Crippen molar-refractivity contribution >= 4 is 17.2 Å². The number of aliphatic hydroxyl groups is 1. The molecule has 1 aromatic carbocycles. The lowest BCUT2D eigenvalue weighted by atomic mass is 10.0. The van der Waals surface area contributed by atoms with E-state index in [1.807, 2.05) is 24.4 Å². The fourth-order valence-electron chi connectivity index (χ4n) is 1.92. The Bertz CT molecular complexity index is 684. The van der Waals surface area contributed by atoms with Gasteiger partial charge in [-0.2, -0.15) is 0 Å². The Morgan fingerprint density at radius 3 is 2.95 bits per heavy atom. The molecule has 0 saturated heterocycles. The highest BCUT2D eigenvalue weighted by atomic mass is 32.1. The molecule has 21 heavy (non-hydrogen) atoms. The van der Waals surface area contributed by atoms with Crippen LogP contribution in [0.15, 0.2) is 29.1 Å². The predicted octanol–water partition coefficient (Wildman–Crippen LogP) is 2.07. The number of aromatic nitrogens is 1. The number of nitrogens with zero attached hydrogens (tertiary/aromatic N) is 2. The molecule has 1 heterocycles. The van der Waals surface area contributed by atoms with Crippen molar-refractivity contribution in [3.63, 3.8) is 0 Å². The van der Waals surface area contributed by atoms with E-state index >= 15 is 0 Å². The maximum absolute atomic E-state index is 12.5. The second kappa shape index (κ2) is 7.02. The average molecular weight is 300 g/mol. The molecule has 5 heteroatoms. The van der Waals surface area contributed by atoms with Crippen molar-refractivity contribution in [3.8, 4) is 11.8 Å². The van der Waals surface area contributed by atoms with Gasteiger partial charge in [0.05, 0.1) is 23.3 Å². The van der Waals surface area contributed by atoms with E-state index in [9.17, 15) is 4.79 Å². The van der Waals surface area contributed by atoms with Crippen LogP contribution in [-0.4, -0.2) is 34.6 Å². The molecule has 0 fully saturated rings. The summed E-state index contributed by atoms with van der Waals surface area (Å²) in [4.78, 5) is 18.3. The van der Waals surface area contributed by atoms with Crippen LogP contribution in [0.25, 0.3) is 0 Å². The highest BCUT2D eigenvalue weighted by Gasteiger charge is 2.16. The molecule has 108 valence electrons. The molecule has 0 aliphatic heterocycles. The van der Waals surface area contributed by atoms with Gasteiger partial charge in [0.1, 0.15) is 6.61 Å². The minimum absolute atomic E-state index is 0.106. The van der Waals surface area contributed by atoms with Crippen LogP contribution in [0.1, 0.15) is 27.2 Å². The summed E-state index contributed by atoms with van der Waals surface area (Å²) in [7, 11) is 1.74. The Labute approximate surface area is 128 Å². The number of carbonyl (C=O) groups is 1. The molecule has 0 bridgehead atoms. The van der Waals surface area contributed by atoms with E-state index < -0.39 is 0 Å². The molecule has 4 nitrogen and oxygen atoms in total. The standard InChI is InChI=1S/C16H16N2O2S/c1-12-5-6-15(13(8-12)4-3-7-19)16(20)18(2)9-14-10-21-11-17-14/h5-6,8,10-11,19H,7,9H2,1-2H3. The molecule has 0 aliphatic rings. The van der Waals surface area contributed by atoms with Gasteiger partial charge in [-0.1, -0.05) is 17.9 Å². The third kappa shape index (κ3) is 3.91.